The number of ketones is 1. The molecule has 21 heavy (non-hydrogen) atoms. The molecule has 0 bridgehead atoms. The number of para-hydroxylation sites is 1. The topological polar surface area (TPSA) is 42.0 Å². The molecule has 104 valence electrons. The lowest BCUT2D eigenvalue weighted by Gasteiger charge is -2.10. The molecular formula is C17H13FN2O. The van der Waals surface area contributed by atoms with Crippen molar-refractivity contribution in [2.45, 2.75) is 6.92 Å². The highest BCUT2D eigenvalue weighted by atomic mass is 19.1. The van der Waals surface area contributed by atoms with Gasteiger partial charge < -0.3 is 5.32 Å². The maximum atomic E-state index is 13.7. The van der Waals surface area contributed by atoms with Crippen LogP contribution in [0.2, 0.25) is 0 Å². The Morgan fingerprint density at radius 1 is 1.14 bits per heavy atom. The highest BCUT2D eigenvalue weighted by Gasteiger charge is 2.07. The van der Waals surface area contributed by atoms with Gasteiger partial charge in [0.1, 0.15) is 11.3 Å². The second-order valence-corrected chi connectivity index (χ2v) is 4.76. The summed E-state index contributed by atoms with van der Waals surface area (Å²) < 4.78 is 13.7. The van der Waals surface area contributed by atoms with E-state index in [1.54, 1.807) is 30.5 Å². The Labute approximate surface area is 121 Å². The largest absolute Gasteiger partial charge is 0.355 e. The highest BCUT2D eigenvalue weighted by Crippen LogP contribution is 2.26. The van der Waals surface area contributed by atoms with E-state index in [4.69, 9.17) is 0 Å². The molecule has 0 aliphatic rings. The van der Waals surface area contributed by atoms with Gasteiger partial charge in [-0.3, -0.25) is 9.78 Å². The van der Waals surface area contributed by atoms with Crippen LogP contribution < -0.4 is 5.32 Å². The molecule has 3 aromatic rings. The van der Waals surface area contributed by atoms with Gasteiger partial charge in [0, 0.05) is 28.5 Å². The first-order valence-corrected chi connectivity index (χ1v) is 6.56. The number of nitrogens with one attached hydrogen (secondary N) is 1. The SMILES string of the molecule is CC(=O)c1cccc(Nc2ccnc3c(F)cccc23)c1. The second kappa shape index (κ2) is 5.32. The van der Waals surface area contributed by atoms with Crippen LogP contribution in [0.1, 0.15) is 17.3 Å². The van der Waals surface area contributed by atoms with Gasteiger partial charge in [-0.05, 0) is 31.2 Å². The zero-order chi connectivity index (χ0) is 14.8. The van der Waals surface area contributed by atoms with Crippen LogP contribution in [0.15, 0.2) is 54.7 Å². The third kappa shape index (κ3) is 2.60. The molecule has 0 fully saturated rings. The van der Waals surface area contributed by atoms with Crippen LogP contribution in [-0.2, 0) is 0 Å². The first-order chi connectivity index (χ1) is 10.1. The van der Waals surface area contributed by atoms with E-state index in [9.17, 15) is 9.18 Å². The van der Waals surface area contributed by atoms with Gasteiger partial charge in [-0.1, -0.05) is 24.3 Å². The molecule has 3 nitrogen and oxygen atoms in total. The lowest BCUT2D eigenvalue weighted by Crippen LogP contribution is -1.96. The molecular weight excluding hydrogens is 267 g/mol. The highest BCUT2D eigenvalue weighted by molar-refractivity contribution is 5.96. The van der Waals surface area contributed by atoms with E-state index in [1.165, 1.54) is 13.0 Å². The fourth-order valence-electron chi connectivity index (χ4n) is 2.22. The molecule has 0 saturated carbocycles. The molecule has 2 aromatic carbocycles. The van der Waals surface area contributed by atoms with Crippen LogP contribution in [0.3, 0.4) is 0 Å². The lowest BCUT2D eigenvalue weighted by atomic mass is 10.1. The van der Waals surface area contributed by atoms with Crippen LogP contribution in [0.5, 0.6) is 0 Å². The van der Waals surface area contributed by atoms with E-state index >= 15 is 0 Å². The number of pyridine rings is 1. The zero-order valence-electron chi connectivity index (χ0n) is 11.4. The number of hydrogen-bond acceptors (Lipinski definition) is 3. The molecule has 0 saturated heterocycles. The third-order valence-electron chi connectivity index (χ3n) is 3.27. The molecule has 0 atom stereocenters. The molecule has 4 heteroatoms. The Morgan fingerprint density at radius 2 is 1.95 bits per heavy atom. The van der Waals surface area contributed by atoms with Crippen molar-refractivity contribution in [2.24, 2.45) is 0 Å². The van der Waals surface area contributed by atoms with Crippen molar-refractivity contribution >= 4 is 28.1 Å². The quantitative estimate of drug-likeness (QED) is 0.726. The summed E-state index contributed by atoms with van der Waals surface area (Å²) >= 11 is 0. The summed E-state index contributed by atoms with van der Waals surface area (Å²) in [4.78, 5) is 15.5. The van der Waals surface area contributed by atoms with E-state index in [-0.39, 0.29) is 11.6 Å². The number of hydrogen-bond donors (Lipinski definition) is 1. The van der Waals surface area contributed by atoms with Crippen molar-refractivity contribution in [1.82, 2.24) is 4.98 Å². The van der Waals surface area contributed by atoms with Crippen molar-refractivity contribution < 1.29 is 9.18 Å². The molecule has 1 aromatic heterocycles. The fraction of sp³-hybridized carbons (Fsp3) is 0.0588. The minimum Gasteiger partial charge on any atom is -0.355 e. The number of nitrogens with zero attached hydrogens (tertiary/aromatic N) is 1. The number of benzene rings is 2. The standard InChI is InChI=1S/C17H13FN2O/c1-11(21)12-4-2-5-13(10-12)20-16-8-9-19-17-14(16)6-3-7-15(17)18/h2-10H,1H3,(H,19,20). The van der Waals surface area contributed by atoms with Gasteiger partial charge in [0.2, 0.25) is 0 Å². The van der Waals surface area contributed by atoms with Crippen LogP contribution in [0, 0.1) is 5.82 Å². The van der Waals surface area contributed by atoms with E-state index in [2.05, 4.69) is 10.3 Å². The van der Waals surface area contributed by atoms with Crippen LogP contribution in [-0.4, -0.2) is 10.8 Å². The maximum absolute atomic E-state index is 13.7. The molecule has 3 rings (SSSR count). The molecule has 0 unspecified atom stereocenters. The second-order valence-electron chi connectivity index (χ2n) is 4.76. The van der Waals surface area contributed by atoms with Gasteiger partial charge in [0.05, 0.1) is 0 Å². The summed E-state index contributed by atoms with van der Waals surface area (Å²) in [5.74, 6) is -0.349. The fourth-order valence-corrected chi connectivity index (χ4v) is 2.22. The molecule has 1 heterocycles. The van der Waals surface area contributed by atoms with Gasteiger partial charge in [-0.2, -0.15) is 0 Å². The molecule has 0 spiro atoms. The Morgan fingerprint density at radius 3 is 2.76 bits per heavy atom. The number of carbonyl (C=O) groups is 1. The Kier molecular flexibility index (Phi) is 3.36. The number of aromatic nitrogens is 1. The van der Waals surface area contributed by atoms with Crippen LogP contribution in [0.4, 0.5) is 15.8 Å². The van der Waals surface area contributed by atoms with E-state index in [0.29, 0.717) is 16.5 Å². The summed E-state index contributed by atoms with van der Waals surface area (Å²) in [7, 11) is 0. The number of carbonyl (C=O) groups excluding carboxylic acids is 1. The lowest BCUT2D eigenvalue weighted by molar-refractivity contribution is 0.101. The predicted octanol–water partition coefficient (Wildman–Crippen LogP) is 4.32. The number of rotatable bonds is 3. The normalized spacial score (nSPS) is 10.6. The average molecular weight is 280 g/mol. The predicted molar refractivity (Wildman–Crippen MR) is 81.4 cm³/mol. The van der Waals surface area contributed by atoms with E-state index in [0.717, 1.165) is 11.4 Å². The van der Waals surface area contributed by atoms with E-state index in [1.807, 2.05) is 18.2 Å². The number of anilines is 2. The van der Waals surface area contributed by atoms with Gasteiger partial charge >= 0.3 is 0 Å². The van der Waals surface area contributed by atoms with Crippen molar-refractivity contribution in [1.29, 1.82) is 0 Å². The van der Waals surface area contributed by atoms with Crippen molar-refractivity contribution in [3.05, 3.63) is 66.1 Å². The van der Waals surface area contributed by atoms with Crippen molar-refractivity contribution in [3.63, 3.8) is 0 Å². The molecule has 0 aliphatic carbocycles. The monoisotopic (exact) mass is 280 g/mol. The maximum Gasteiger partial charge on any atom is 0.159 e. The van der Waals surface area contributed by atoms with Gasteiger partial charge in [-0.15, -0.1) is 0 Å². The first-order valence-electron chi connectivity index (χ1n) is 6.56. The van der Waals surface area contributed by atoms with Crippen molar-refractivity contribution in [3.8, 4) is 0 Å². The van der Waals surface area contributed by atoms with Crippen LogP contribution in [0.25, 0.3) is 10.9 Å². The Balaban J connectivity index is 2.04. The molecule has 0 aliphatic heterocycles. The van der Waals surface area contributed by atoms with Crippen molar-refractivity contribution in [2.75, 3.05) is 5.32 Å². The minimum absolute atomic E-state index is 0.00396. The number of Topliss-reactive ketones (excluding diaryl/α,β-unsaturated/α-hetero) is 1. The molecule has 1 N–H and O–H groups in total. The van der Waals surface area contributed by atoms with Gasteiger partial charge in [0.25, 0.3) is 0 Å². The molecule has 0 radical (unpaired) electrons. The first kappa shape index (κ1) is 13.2. The smallest absolute Gasteiger partial charge is 0.159 e. The summed E-state index contributed by atoms with van der Waals surface area (Å²) in [6, 6.07) is 13.8. The summed E-state index contributed by atoms with van der Waals surface area (Å²) in [5, 5.41) is 3.91. The summed E-state index contributed by atoms with van der Waals surface area (Å²) in [6.07, 6.45) is 1.56. The van der Waals surface area contributed by atoms with Crippen LogP contribution >= 0.6 is 0 Å². The number of halogens is 1. The average Bonchev–Trinajstić information content (AvgIpc) is 2.49. The summed E-state index contributed by atoms with van der Waals surface area (Å²) in [5.41, 5.74) is 2.48. The third-order valence-corrected chi connectivity index (χ3v) is 3.27. The Bertz CT molecular complexity index is 830. The zero-order valence-corrected chi connectivity index (χ0v) is 11.4. The van der Waals surface area contributed by atoms with Gasteiger partial charge in [0.15, 0.2) is 5.78 Å². The Hall–Kier alpha value is -2.75. The summed E-state index contributed by atoms with van der Waals surface area (Å²) in [6.45, 7) is 1.52. The van der Waals surface area contributed by atoms with E-state index < -0.39 is 0 Å². The minimum atomic E-state index is -0.353. The molecule has 0 amide bonds. The number of fused-ring (bicyclic) bond motifs is 1. The van der Waals surface area contributed by atoms with Gasteiger partial charge in [-0.25, -0.2) is 4.39 Å².